The van der Waals surface area contributed by atoms with Gasteiger partial charge in [-0.3, -0.25) is 29.6 Å². The normalized spacial score (nSPS) is 35.4. The van der Waals surface area contributed by atoms with E-state index in [2.05, 4.69) is 0 Å². The lowest BCUT2D eigenvalue weighted by molar-refractivity contribution is -0.174. The Morgan fingerprint density at radius 2 is 1.50 bits per heavy atom. The number of phenols is 1. The van der Waals surface area contributed by atoms with Crippen LogP contribution in [0.5, 0.6) is 5.75 Å². The highest BCUT2D eigenvalue weighted by Crippen LogP contribution is 2.58. The summed E-state index contributed by atoms with van der Waals surface area (Å²) in [5, 5.41) is 30.3. The van der Waals surface area contributed by atoms with Crippen LogP contribution in [0.25, 0.3) is 0 Å². The molecule has 0 unspecified atom stereocenters. The Balaban J connectivity index is 1.69. The van der Waals surface area contributed by atoms with Gasteiger partial charge in [0, 0.05) is 11.5 Å². The second-order valence-corrected chi connectivity index (χ2v) is 8.18. The molecule has 0 spiro atoms. The van der Waals surface area contributed by atoms with Gasteiger partial charge in [0.25, 0.3) is 23.6 Å². The van der Waals surface area contributed by atoms with E-state index in [9.17, 15) is 39.1 Å². The first-order chi connectivity index (χ1) is 14.2. The van der Waals surface area contributed by atoms with Crippen LogP contribution in [0.3, 0.4) is 0 Å². The van der Waals surface area contributed by atoms with E-state index in [0.717, 1.165) is 6.07 Å². The zero-order valence-electron chi connectivity index (χ0n) is 15.4. The number of hydrogen-bond acceptors (Lipinski definition) is 7. The Bertz CT molecular complexity index is 1050. The molecule has 3 N–H and O–H groups in total. The molecular formula is C20H17FN2O7. The molecule has 3 fully saturated rings. The summed E-state index contributed by atoms with van der Waals surface area (Å²) in [6.07, 6.45) is 1.80. The number of carbonyl (C=O) groups is 4. The van der Waals surface area contributed by atoms with Gasteiger partial charge >= 0.3 is 0 Å². The number of fused-ring (bicyclic) bond motifs is 4. The molecule has 2 saturated heterocycles. The number of imide groups is 2. The van der Waals surface area contributed by atoms with Gasteiger partial charge in [-0.05, 0) is 24.8 Å². The molecule has 10 heteroatoms. The van der Waals surface area contributed by atoms with Crippen LogP contribution in [0.15, 0.2) is 29.8 Å². The Labute approximate surface area is 168 Å². The fraction of sp³-hybridized carbons (Fsp3) is 0.400. The maximum absolute atomic E-state index is 14.1. The number of rotatable bonds is 1. The molecule has 4 aliphatic rings. The van der Waals surface area contributed by atoms with Crippen molar-refractivity contribution in [3.63, 3.8) is 0 Å². The maximum atomic E-state index is 14.1. The van der Waals surface area contributed by atoms with E-state index in [0.29, 0.717) is 5.57 Å². The van der Waals surface area contributed by atoms with Crippen LogP contribution < -0.4 is 0 Å². The highest BCUT2D eigenvalue weighted by atomic mass is 19.1. The number of halogens is 1. The maximum Gasteiger partial charge on any atom is 0.258 e. The highest BCUT2D eigenvalue weighted by molar-refractivity contribution is 6.06. The summed E-state index contributed by atoms with van der Waals surface area (Å²) < 4.78 is 14.1. The van der Waals surface area contributed by atoms with Gasteiger partial charge in [-0.15, -0.1) is 0 Å². The minimum atomic E-state index is -1.08. The van der Waals surface area contributed by atoms with E-state index in [1.807, 2.05) is 0 Å². The zero-order chi connectivity index (χ0) is 21.5. The molecule has 0 bridgehead atoms. The van der Waals surface area contributed by atoms with Gasteiger partial charge in [-0.2, -0.15) is 10.1 Å². The molecule has 30 heavy (non-hydrogen) atoms. The second-order valence-electron chi connectivity index (χ2n) is 8.18. The number of phenolic OH excluding ortho intramolecular Hbond substituents is 1. The lowest BCUT2D eigenvalue weighted by Gasteiger charge is -2.43. The molecule has 0 radical (unpaired) electrons. The van der Waals surface area contributed by atoms with Crippen molar-refractivity contribution in [2.45, 2.75) is 18.8 Å². The van der Waals surface area contributed by atoms with Crippen molar-refractivity contribution >= 4 is 23.6 Å². The summed E-state index contributed by atoms with van der Waals surface area (Å²) in [6, 6.07) is 3.82. The molecular weight excluding hydrogens is 399 g/mol. The van der Waals surface area contributed by atoms with Gasteiger partial charge in [-0.1, -0.05) is 23.8 Å². The number of aromatic hydroxyl groups is 1. The molecule has 1 aromatic rings. The SMILES string of the molecule is O=C1[C@H]2[C@H](CC=C3[C@H]2C[C@H]2C(=O)N(O)C(=O)[C@H]2[C@H]3c2cccc(F)c2O)C(=O)N1O. The predicted octanol–water partition coefficient (Wildman–Crippen LogP) is 0.946. The molecule has 1 saturated carbocycles. The smallest absolute Gasteiger partial charge is 0.258 e. The Morgan fingerprint density at radius 3 is 2.20 bits per heavy atom. The average molecular weight is 416 g/mol. The number of hydrogen-bond donors (Lipinski definition) is 3. The molecule has 0 aromatic heterocycles. The monoisotopic (exact) mass is 416 g/mol. The third-order valence-electron chi connectivity index (χ3n) is 6.95. The third kappa shape index (κ3) is 2.23. The Hall–Kier alpha value is -3.11. The van der Waals surface area contributed by atoms with Crippen molar-refractivity contribution in [1.29, 1.82) is 0 Å². The molecule has 6 atom stereocenters. The Kier molecular flexibility index (Phi) is 3.90. The number of carbonyl (C=O) groups excluding carboxylic acids is 4. The van der Waals surface area contributed by atoms with E-state index < -0.39 is 70.7 Å². The standard InChI is InChI=1S/C20H17FN2O7/c21-12-3-1-2-8(16(12)24)13-7-4-5-9-14(19(27)22(29)17(9)25)10(7)6-11-15(13)20(28)23(30)18(11)26/h1-4,9-11,13-15,24,29-30H,5-6H2/t9-,10+,11+,13+,14-,15+/m0/s1. The lowest BCUT2D eigenvalue weighted by atomic mass is 9.57. The van der Waals surface area contributed by atoms with Gasteiger partial charge in [0.05, 0.1) is 23.7 Å². The molecule has 9 nitrogen and oxygen atoms in total. The summed E-state index contributed by atoms with van der Waals surface area (Å²) in [5.74, 6) is -10.3. The predicted molar refractivity (Wildman–Crippen MR) is 92.9 cm³/mol. The lowest BCUT2D eigenvalue weighted by Crippen LogP contribution is -2.43. The number of benzene rings is 1. The van der Waals surface area contributed by atoms with Gasteiger partial charge < -0.3 is 5.11 Å². The summed E-state index contributed by atoms with van der Waals surface area (Å²) in [7, 11) is 0. The Morgan fingerprint density at radius 1 is 0.867 bits per heavy atom. The van der Waals surface area contributed by atoms with E-state index in [4.69, 9.17) is 0 Å². The van der Waals surface area contributed by atoms with E-state index >= 15 is 0 Å². The fourth-order valence-electron chi connectivity index (χ4n) is 5.69. The van der Waals surface area contributed by atoms with Gasteiger partial charge in [0.1, 0.15) is 0 Å². The quantitative estimate of drug-likeness (QED) is 0.352. The number of para-hydroxylation sites is 1. The van der Waals surface area contributed by atoms with Crippen molar-refractivity contribution in [2.75, 3.05) is 0 Å². The van der Waals surface area contributed by atoms with Crippen LogP contribution in [0.4, 0.5) is 4.39 Å². The number of hydroxylamine groups is 4. The molecule has 4 amide bonds. The molecule has 156 valence electrons. The van der Waals surface area contributed by atoms with Crippen molar-refractivity contribution in [3.05, 3.63) is 41.2 Å². The van der Waals surface area contributed by atoms with Crippen LogP contribution in [0, 0.1) is 35.4 Å². The van der Waals surface area contributed by atoms with Crippen molar-refractivity contribution < 1.29 is 39.1 Å². The summed E-state index contributed by atoms with van der Waals surface area (Å²) >= 11 is 0. The summed E-state index contributed by atoms with van der Waals surface area (Å²) in [6.45, 7) is 0. The summed E-state index contributed by atoms with van der Waals surface area (Å²) in [4.78, 5) is 50.0. The van der Waals surface area contributed by atoms with E-state index in [1.54, 1.807) is 6.08 Å². The van der Waals surface area contributed by atoms with Crippen molar-refractivity contribution in [2.24, 2.45) is 29.6 Å². The highest BCUT2D eigenvalue weighted by Gasteiger charge is 2.62. The van der Waals surface area contributed by atoms with E-state index in [1.165, 1.54) is 12.1 Å². The van der Waals surface area contributed by atoms with Crippen LogP contribution >= 0.6 is 0 Å². The molecule has 5 rings (SSSR count). The van der Waals surface area contributed by atoms with Gasteiger partial charge in [0.15, 0.2) is 11.6 Å². The van der Waals surface area contributed by atoms with Crippen LogP contribution in [0.1, 0.15) is 24.3 Å². The average Bonchev–Trinajstić information content (AvgIpc) is 3.09. The molecule has 1 aromatic carbocycles. The topological polar surface area (TPSA) is 135 Å². The van der Waals surface area contributed by atoms with Gasteiger partial charge in [0.2, 0.25) is 0 Å². The first-order valence-electron chi connectivity index (χ1n) is 9.54. The van der Waals surface area contributed by atoms with Crippen molar-refractivity contribution in [3.8, 4) is 5.75 Å². The number of nitrogens with zero attached hydrogens (tertiary/aromatic N) is 2. The third-order valence-corrected chi connectivity index (χ3v) is 6.95. The largest absolute Gasteiger partial charge is 0.505 e. The first-order valence-corrected chi connectivity index (χ1v) is 9.54. The second kappa shape index (κ2) is 6.19. The minimum absolute atomic E-state index is 0.0126. The molecule has 2 heterocycles. The zero-order valence-corrected chi connectivity index (χ0v) is 15.4. The molecule has 2 aliphatic carbocycles. The van der Waals surface area contributed by atoms with E-state index in [-0.39, 0.29) is 28.5 Å². The van der Waals surface area contributed by atoms with Gasteiger partial charge in [-0.25, -0.2) is 4.39 Å². The minimum Gasteiger partial charge on any atom is -0.505 e. The molecule has 2 aliphatic heterocycles. The number of amides is 4. The summed E-state index contributed by atoms with van der Waals surface area (Å²) in [5.41, 5.74) is 0.583. The fourth-order valence-corrected chi connectivity index (χ4v) is 5.69. The van der Waals surface area contributed by atoms with Crippen LogP contribution in [-0.2, 0) is 19.2 Å². The van der Waals surface area contributed by atoms with Crippen LogP contribution in [0.2, 0.25) is 0 Å². The first kappa shape index (κ1) is 18.9. The van der Waals surface area contributed by atoms with Crippen molar-refractivity contribution in [1.82, 2.24) is 10.1 Å². The van der Waals surface area contributed by atoms with Crippen LogP contribution in [-0.4, -0.2) is 49.3 Å². The number of allylic oxidation sites excluding steroid dienone is 2.